The normalized spacial score (nSPS) is 16.9. The predicted octanol–water partition coefficient (Wildman–Crippen LogP) is 2.27. The highest BCUT2D eigenvalue weighted by Gasteiger charge is 2.17. The zero-order valence-corrected chi connectivity index (χ0v) is 13.4. The topological polar surface area (TPSA) is 45.2 Å². The fraction of sp³-hybridized carbons (Fsp3) is 0.571. The number of carbonyl (C=O) groups excluding carboxylic acids is 1. The van der Waals surface area contributed by atoms with Crippen molar-refractivity contribution in [2.24, 2.45) is 5.92 Å². The number of aromatic nitrogens is 1. The summed E-state index contributed by atoms with van der Waals surface area (Å²) in [6.45, 7) is 2.84. The highest BCUT2D eigenvalue weighted by atomic mass is 35.5. The molecular formula is C14H23Cl2N3O. The first-order valence-corrected chi connectivity index (χ1v) is 6.59. The number of nitrogens with one attached hydrogen (secondary N) is 1. The van der Waals surface area contributed by atoms with Crippen molar-refractivity contribution in [2.75, 3.05) is 20.1 Å². The van der Waals surface area contributed by atoms with Crippen LogP contribution in [-0.2, 0) is 11.3 Å². The largest absolute Gasteiger partial charge is 0.341 e. The summed E-state index contributed by atoms with van der Waals surface area (Å²) in [6, 6.07) is 3.90. The van der Waals surface area contributed by atoms with Crippen molar-refractivity contribution in [1.29, 1.82) is 0 Å². The molecule has 1 fully saturated rings. The van der Waals surface area contributed by atoms with Crippen LogP contribution in [0.5, 0.6) is 0 Å². The maximum Gasteiger partial charge on any atom is 0.222 e. The molecule has 6 heteroatoms. The van der Waals surface area contributed by atoms with Gasteiger partial charge in [0.25, 0.3) is 0 Å². The van der Waals surface area contributed by atoms with Crippen LogP contribution in [0.2, 0.25) is 0 Å². The van der Waals surface area contributed by atoms with Gasteiger partial charge >= 0.3 is 0 Å². The van der Waals surface area contributed by atoms with Gasteiger partial charge in [-0.2, -0.15) is 0 Å². The summed E-state index contributed by atoms with van der Waals surface area (Å²) in [7, 11) is 1.87. The van der Waals surface area contributed by atoms with Crippen molar-refractivity contribution in [3.63, 3.8) is 0 Å². The van der Waals surface area contributed by atoms with E-state index in [9.17, 15) is 4.79 Å². The van der Waals surface area contributed by atoms with E-state index in [0.29, 0.717) is 18.9 Å². The van der Waals surface area contributed by atoms with Crippen LogP contribution in [0.4, 0.5) is 0 Å². The van der Waals surface area contributed by atoms with E-state index in [2.05, 4.69) is 10.3 Å². The smallest absolute Gasteiger partial charge is 0.222 e. The summed E-state index contributed by atoms with van der Waals surface area (Å²) in [5.74, 6) is 0.919. The van der Waals surface area contributed by atoms with Gasteiger partial charge in [-0.15, -0.1) is 24.8 Å². The molecule has 1 aromatic rings. The lowest BCUT2D eigenvalue weighted by Crippen LogP contribution is -2.26. The lowest BCUT2D eigenvalue weighted by Gasteiger charge is -2.18. The van der Waals surface area contributed by atoms with Gasteiger partial charge < -0.3 is 10.2 Å². The van der Waals surface area contributed by atoms with Crippen molar-refractivity contribution in [3.8, 4) is 0 Å². The molecular weight excluding hydrogens is 297 g/mol. The minimum atomic E-state index is 0. The number of carbonyl (C=O) groups is 1. The molecule has 0 radical (unpaired) electrons. The Morgan fingerprint density at radius 1 is 1.40 bits per heavy atom. The fourth-order valence-electron chi connectivity index (χ4n) is 2.33. The van der Waals surface area contributed by atoms with Gasteiger partial charge in [0.2, 0.25) is 5.91 Å². The minimum Gasteiger partial charge on any atom is -0.341 e. The second kappa shape index (κ2) is 9.97. The second-order valence-corrected chi connectivity index (χ2v) is 5.00. The summed E-state index contributed by atoms with van der Waals surface area (Å²) in [5, 5.41) is 3.33. The lowest BCUT2D eigenvalue weighted by molar-refractivity contribution is -0.130. The van der Waals surface area contributed by atoms with E-state index in [4.69, 9.17) is 0 Å². The summed E-state index contributed by atoms with van der Waals surface area (Å²) in [6.07, 6.45) is 6.40. The van der Waals surface area contributed by atoms with Crippen LogP contribution in [0.15, 0.2) is 24.5 Å². The van der Waals surface area contributed by atoms with Gasteiger partial charge in [-0.3, -0.25) is 9.78 Å². The maximum atomic E-state index is 12.0. The van der Waals surface area contributed by atoms with Crippen LogP contribution >= 0.6 is 24.8 Å². The number of nitrogens with zero attached hydrogens (tertiary/aromatic N) is 2. The Balaban J connectivity index is 0.00000180. The Morgan fingerprint density at radius 3 is 2.70 bits per heavy atom. The zero-order valence-electron chi connectivity index (χ0n) is 11.7. The van der Waals surface area contributed by atoms with E-state index in [1.54, 1.807) is 17.3 Å². The highest BCUT2D eigenvalue weighted by Crippen LogP contribution is 2.15. The third kappa shape index (κ3) is 6.07. The molecule has 0 aliphatic carbocycles. The zero-order chi connectivity index (χ0) is 12.8. The van der Waals surface area contributed by atoms with Crippen molar-refractivity contribution in [1.82, 2.24) is 15.2 Å². The standard InChI is InChI=1S/C14H21N3O.2ClH/c1-17(11-13-5-7-15-8-6-13)14(18)3-2-12-4-9-16-10-12;;/h5-8,12,16H,2-4,9-11H2,1H3;2*1H. The molecule has 2 rings (SSSR count). The van der Waals surface area contributed by atoms with Crippen LogP contribution in [0.25, 0.3) is 0 Å². The number of halogens is 2. The monoisotopic (exact) mass is 319 g/mol. The molecule has 1 unspecified atom stereocenters. The maximum absolute atomic E-state index is 12.0. The first-order chi connectivity index (χ1) is 8.75. The average Bonchev–Trinajstić information content (AvgIpc) is 2.90. The number of hydrogen-bond acceptors (Lipinski definition) is 3. The molecule has 2 heterocycles. The SMILES string of the molecule is CN(Cc1ccncc1)C(=O)CCC1CCNC1.Cl.Cl. The number of rotatable bonds is 5. The van der Waals surface area contributed by atoms with E-state index < -0.39 is 0 Å². The highest BCUT2D eigenvalue weighted by molar-refractivity contribution is 5.85. The first kappa shape index (κ1) is 19.2. The van der Waals surface area contributed by atoms with E-state index in [-0.39, 0.29) is 30.7 Å². The van der Waals surface area contributed by atoms with E-state index >= 15 is 0 Å². The van der Waals surface area contributed by atoms with Gasteiger partial charge in [-0.25, -0.2) is 0 Å². The predicted molar refractivity (Wildman–Crippen MR) is 85.4 cm³/mol. The molecule has 1 aliphatic heterocycles. The van der Waals surface area contributed by atoms with E-state index in [1.807, 2.05) is 19.2 Å². The number of pyridine rings is 1. The summed E-state index contributed by atoms with van der Waals surface area (Å²) < 4.78 is 0. The molecule has 114 valence electrons. The summed E-state index contributed by atoms with van der Waals surface area (Å²) in [5.41, 5.74) is 1.13. The van der Waals surface area contributed by atoms with Crippen molar-refractivity contribution >= 4 is 30.7 Å². The molecule has 0 spiro atoms. The Morgan fingerprint density at radius 2 is 2.10 bits per heavy atom. The first-order valence-electron chi connectivity index (χ1n) is 6.59. The van der Waals surface area contributed by atoms with Gasteiger partial charge in [-0.1, -0.05) is 0 Å². The summed E-state index contributed by atoms with van der Waals surface area (Å²) in [4.78, 5) is 17.8. The Bertz CT molecular complexity index is 383. The molecule has 0 bridgehead atoms. The quantitative estimate of drug-likeness (QED) is 0.905. The molecule has 4 nitrogen and oxygen atoms in total. The van der Waals surface area contributed by atoms with Crippen LogP contribution in [0.3, 0.4) is 0 Å². The van der Waals surface area contributed by atoms with Gasteiger partial charge in [0, 0.05) is 32.4 Å². The molecule has 0 saturated carbocycles. The van der Waals surface area contributed by atoms with E-state index in [1.165, 1.54) is 6.42 Å². The van der Waals surface area contributed by atoms with Crippen molar-refractivity contribution < 1.29 is 4.79 Å². The van der Waals surface area contributed by atoms with Crippen LogP contribution in [-0.4, -0.2) is 35.9 Å². The second-order valence-electron chi connectivity index (χ2n) is 5.00. The van der Waals surface area contributed by atoms with Crippen LogP contribution < -0.4 is 5.32 Å². The Kier molecular flexibility index (Phi) is 9.55. The molecule has 1 aromatic heterocycles. The van der Waals surface area contributed by atoms with Crippen LogP contribution in [0, 0.1) is 5.92 Å². The van der Waals surface area contributed by atoms with Crippen LogP contribution in [0.1, 0.15) is 24.8 Å². The van der Waals surface area contributed by atoms with Gasteiger partial charge in [0.1, 0.15) is 0 Å². The Labute approximate surface area is 133 Å². The lowest BCUT2D eigenvalue weighted by atomic mass is 10.0. The third-order valence-corrected chi connectivity index (χ3v) is 3.52. The van der Waals surface area contributed by atoms with Crippen molar-refractivity contribution in [2.45, 2.75) is 25.8 Å². The van der Waals surface area contributed by atoms with Crippen molar-refractivity contribution in [3.05, 3.63) is 30.1 Å². The van der Waals surface area contributed by atoms with Gasteiger partial charge in [0.15, 0.2) is 0 Å². The number of amides is 1. The average molecular weight is 320 g/mol. The summed E-state index contributed by atoms with van der Waals surface area (Å²) >= 11 is 0. The van der Waals surface area contributed by atoms with Gasteiger partial charge in [-0.05, 0) is 49.5 Å². The fourth-order valence-corrected chi connectivity index (χ4v) is 2.33. The molecule has 20 heavy (non-hydrogen) atoms. The molecule has 1 saturated heterocycles. The minimum absolute atomic E-state index is 0. The molecule has 1 atom stereocenters. The van der Waals surface area contributed by atoms with Gasteiger partial charge in [0.05, 0.1) is 0 Å². The Hall–Kier alpha value is -0.840. The van der Waals surface area contributed by atoms with E-state index in [0.717, 1.165) is 25.1 Å². The third-order valence-electron chi connectivity index (χ3n) is 3.52. The molecule has 1 amide bonds. The molecule has 0 aromatic carbocycles. The molecule has 1 N–H and O–H groups in total. The number of hydrogen-bond donors (Lipinski definition) is 1. The molecule has 1 aliphatic rings.